The second-order valence-electron chi connectivity index (χ2n) is 6.69. The zero-order valence-corrected chi connectivity index (χ0v) is 14.1. The van der Waals surface area contributed by atoms with Gasteiger partial charge < -0.3 is 9.80 Å². The van der Waals surface area contributed by atoms with Gasteiger partial charge in [0.25, 0.3) is 0 Å². The van der Waals surface area contributed by atoms with Crippen LogP contribution in [0, 0.1) is 6.92 Å². The molecule has 0 bridgehead atoms. The average molecular weight is 298 g/mol. The minimum atomic E-state index is 0.564. The number of hydrogen-bond donors (Lipinski definition) is 0. The predicted molar refractivity (Wildman–Crippen MR) is 92.4 cm³/mol. The van der Waals surface area contributed by atoms with E-state index in [1.165, 1.54) is 31.5 Å². The molecule has 0 saturated carbocycles. The topological polar surface area (TPSA) is 32.3 Å². The van der Waals surface area contributed by atoms with Gasteiger partial charge in [-0.1, -0.05) is 11.6 Å². The molecule has 0 aliphatic carbocycles. The average Bonchev–Trinajstić information content (AvgIpc) is 2.53. The maximum atomic E-state index is 4.58. The zero-order valence-electron chi connectivity index (χ0n) is 14.1. The third kappa shape index (κ3) is 2.93. The molecule has 4 nitrogen and oxygen atoms in total. The Morgan fingerprint density at radius 3 is 2.59 bits per heavy atom. The van der Waals surface area contributed by atoms with Crippen LogP contribution in [0.2, 0.25) is 0 Å². The summed E-state index contributed by atoms with van der Waals surface area (Å²) in [6, 6.07) is 7.61. The van der Waals surface area contributed by atoms with E-state index in [4.69, 9.17) is 0 Å². The molecule has 1 fully saturated rings. The van der Waals surface area contributed by atoms with Gasteiger partial charge in [0.15, 0.2) is 0 Å². The first kappa shape index (κ1) is 15.2. The first-order chi connectivity index (χ1) is 10.6. The van der Waals surface area contributed by atoms with E-state index in [1.807, 2.05) is 0 Å². The molecule has 3 rings (SSSR count). The highest BCUT2D eigenvalue weighted by Gasteiger charge is 2.25. The molecule has 1 aliphatic rings. The van der Waals surface area contributed by atoms with E-state index in [2.05, 4.69) is 65.8 Å². The van der Waals surface area contributed by atoms with E-state index in [0.717, 1.165) is 16.7 Å². The molecule has 2 heterocycles. The van der Waals surface area contributed by atoms with E-state index in [-0.39, 0.29) is 0 Å². The Hall–Kier alpha value is -1.68. The monoisotopic (exact) mass is 298 g/mol. The highest BCUT2D eigenvalue weighted by molar-refractivity contribution is 5.89. The van der Waals surface area contributed by atoms with E-state index in [1.54, 1.807) is 6.33 Å². The minimum Gasteiger partial charge on any atom is -0.356 e. The fourth-order valence-corrected chi connectivity index (χ4v) is 3.40. The van der Waals surface area contributed by atoms with Gasteiger partial charge in [0.1, 0.15) is 12.1 Å². The summed E-state index contributed by atoms with van der Waals surface area (Å²) < 4.78 is 0. The summed E-state index contributed by atoms with van der Waals surface area (Å²) in [5.74, 6) is 1.07. The van der Waals surface area contributed by atoms with Gasteiger partial charge in [0, 0.05) is 37.6 Å². The Bertz CT molecular complexity index is 645. The molecule has 0 atom stereocenters. The Morgan fingerprint density at radius 1 is 1.18 bits per heavy atom. The second kappa shape index (κ2) is 6.21. The lowest BCUT2D eigenvalue weighted by Crippen LogP contribution is -2.46. The maximum absolute atomic E-state index is 4.58. The van der Waals surface area contributed by atoms with Crippen LogP contribution in [0.1, 0.15) is 32.3 Å². The second-order valence-corrected chi connectivity index (χ2v) is 6.69. The van der Waals surface area contributed by atoms with Gasteiger partial charge in [-0.05, 0) is 45.7 Å². The van der Waals surface area contributed by atoms with Crippen molar-refractivity contribution in [2.75, 3.05) is 25.0 Å². The molecule has 118 valence electrons. The zero-order chi connectivity index (χ0) is 15.7. The predicted octanol–water partition coefficient (Wildman–Crippen LogP) is 3.25. The molecule has 1 saturated heterocycles. The maximum Gasteiger partial charge on any atom is 0.139 e. The van der Waals surface area contributed by atoms with Crippen molar-refractivity contribution in [3.05, 3.63) is 30.1 Å². The van der Waals surface area contributed by atoms with Crippen LogP contribution in [0.15, 0.2) is 24.5 Å². The Kier molecular flexibility index (Phi) is 4.30. The van der Waals surface area contributed by atoms with Gasteiger partial charge in [0.05, 0.1) is 5.52 Å². The summed E-state index contributed by atoms with van der Waals surface area (Å²) in [6.07, 6.45) is 4.09. The highest BCUT2D eigenvalue weighted by atomic mass is 15.2. The fourth-order valence-electron chi connectivity index (χ4n) is 3.40. The lowest BCUT2D eigenvalue weighted by atomic mass is 10.0. The standard InChI is InChI=1S/C18H26N4/c1-13(2)22-9-7-15(8-10-22)21(4)18-16-11-14(3)5-6-17(16)19-12-20-18/h5-6,11-13,15H,7-10H2,1-4H3. The Labute approximate surface area is 133 Å². The number of aromatic nitrogens is 2. The van der Waals surface area contributed by atoms with Crippen molar-refractivity contribution < 1.29 is 0 Å². The van der Waals surface area contributed by atoms with Gasteiger partial charge in [-0.2, -0.15) is 0 Å². The highest BCUT2D eigenvalue weighted by Crippen LogP contribution is 2.27. The largest absolute Gasteiger partial charge is 0.356 e. The molecule has 0 radical (unpaired) electrons. The first-order valence-corrected chi connectivity index (χ1v) is 8.24. The number of rotatable bonds is 3. The third-order valence-electron chi connectivity index (χ3n) is 4.88. The van der Waals surface area contributed by atoms with Crippen LogP contribution < -0.4 is 4.90 Å². The summed E-state index contributed by atoms with van der Waals surface area (Å²) in [6.45, 7) is 9.04. The minimum absolute atomic E-state index is 0.564. The number of nitrogens with zero attached hydrogens (tertiary/aromatic N) is 4. The van der Waals surface area contributed by atoms with Gasteiger partial charge in [0.2, 0.25) is 0 Å². The van der Waals surface area contributed by atoms with Gasteiger partial charge in [-0.25, -0.2) is 9.97 Å². The van der Waals surface area contributed by atoms with E-state index < -0.39 is 0 Å². The number of hydrogen-bond acceptors (Lipinski definition) is 4. The van der Waals surface area contributed by atoms with Crippen molar-refractivity contribution in [1.82, 2.24) is 14.9 Å². The summed E-state index contributed by atoms with van der Waals surface area (Å²) >= 11 is 0. The lowest BCUT2D eigenvalue weighted by molar-refractivity contribution is 0.171. The summed E-state index contributed by atoms with van der Waals surface area (Å²) in [7, 11) is 2.18. The molecular weight excluding hydrogens is 272 g/mol. The molecule has 1 aromatic carbocycles. The van der Waals surface area contributed by atoms with E-state index in [9.17, 15) is 0 Å². The van der Waals surface area contributed by atoms with Crippen molar-refractivity contribution >= 4 is 16.7 Å². The Balaban J connectivity index is 1.84. The summed E-state index contributed by atoms with van der Waals surface area (Å²) in [5, 5.41) is 1.16. The van der Waals surface area contributed by atoms with Gasteiger partial charge in [-0.3, -0.25) is 0 Å². The third-order valence-corrected chi connectivity index (χ3v) is 4.88. The first-order valence-electron chi connectivity index (χ1n) is 8.24. The number of aryl methyl sites for hydroxylation is 1. The lowest BCUT2D eigenvalue weighted by Gasteiger charge is -2.39. The quantitative estimate of drug-likeness (QED) is 0.871. The van der Waals surface area contributed by atoms with Crippen LogP contribution in [0.3, 0.4) is 0 Å². The van der Waals surface area contributed by atoms with Crippen molar-refractivity contribution in [3.8, 4) is 0 Å². The van der Waals surface area contributed by atoms with Crippen molar-refractivity contribution in [3.63, 3.8) is 0 Å². The van der Waals surface area contributed by atoms with Crippen LogP contribution in [0.5, 0.6) is 0 Å². The molecule has 1 aromatic heterocycles. The van der Waals surface area contributed by atoms with E-state index in [0.29, 0.717) is 12.1 Å². The van der Waals surface area contributed by atoms with Crippen molar-refractivity contribution in [2.24, 2.45) is 0 Å². The molecule has 0 N–H and O–H groups in total. The number of fused-ring (bicyclic) bond motifs is 1. The molecule has 22 heavy (non-hydrogen) atoms. The van der Waals surface area contributed by atoms with Crippen molar-refractivity contribution in [2.45, 2.75) is 45.7 Å². The number of likely N-dealkylation sites (tertiary alicyclic amines) is 1. The SMILES string of the molecule is Cc1ccc2ncnc(N(C)C3CCN(C(C)C)CC3)c2c1. The number of benzene rings is 1. The Morgan fingerprint density at radius 2 is 1.91 bits per heavy atom. The van der Waals surface area contributed by atoms with Crippen LogP contribution in [0.25, 0.3) is 10.9 Å². The molecule has 0 unspecified atom stereocenters. The molecule has 4 heteroatoms. The van der Waals surface area contributed by atoms with Crippen LogP contribution in [-0.4, -0.2) is 47.1 Å². The number of anilines is 1. The number of piperidine rings is 1. The van der Waals surface area contributed by atoms with Gasteiger partial charge >= 0.3 is 0 Å². The molecule has 0 amide bonds. The summed E-state index contributed by atoms with van der Waals surface area (Å²) in [5.41, 5.74) is 2.29. The van der Waals surface area contributed by atoms with E-state index >= 15 is 0 Å². The van der Waals surface area contributed by atoms with Crippen molar-refractivity contribution in [1.29, 1.82) is 0 Å². The normalized spacial score (nSPS) is 17.3. The van der Waals surface area contributed by atoms with Gasteiger partial charge in [-0.15, -0.1) is 0 Å². The molecule has 1 aliphatic heterocycles. The molecular formula is C18H26N4. The van der Waals surface area contributed by atoms with Crippen LogP contribution in [0.4, 0.5) is 5.82 Å². The van der Waals surface area contributed by atoms with Crippen LogP contribution >= 0.6 is 0 Å². The molecule has 2 aromatic rings. The summed E-state index contributed by atoms with van der Waals surface area (Å²) in [4.78, 5) is 13.9. The fraction of sp³-hybridized carbons (Fsp3) is 0.556. The smallest absolute Gasteiger partial charge is 0.139 e. The van der Waals surface area contributed by atoms with Crippen LogP contribution in [-0.2, 0) is 0 Å². The molecule has 0 spiro atoms.